The summed E-state index contributed by atoms with van der Waals surface area (Å²) in [5, 5.41) is 2.92. The second kappa shape index (κ2) is 10.7. The average molecular weight is 426 g/mol. The molecular formula is C27H39NO3. The van der Waals surface area contributed by atoms with Crippen molar-refractivity contribution in [2.45, 2.75) is 78.1 Å². The number of nitrogens with one attached hydrogen (secondary N) is 1. The molecule has 0 aromatic heterocycles. The Hall–Kier alpha value is -2.49. The van der Waals surface area contributed by atoms with Gasteiger partial charge in [-0.2, -0.15) is 0 Å². The number of hydrogen-bond donors (Lipinski definition) is 1. The minimum atomic E-state index is -0.0222. The summed E-state index contributed by atoms with van der Waals surface area (Å²) < 4.78 is 11.4. The minimum absolute atomic E-state index is 0.0222. The molecule has 0 unspecified atom stereocenters. The highest BCUT2D eigenvalue weighted by Crippen LogP contribution is 2.38. The van der Waals surface area contributed by atoms with Gasteiger partial charge in [-0.25, -0.2) is 0 Å². The largest absolute Gasteiger partial charge is 0.497 e. The predicted octanol–water partition coefficient (Wildman–Crippen LogP) is 6.87. The first-order chi connectivity index (χ1) is 14.6. The Bertz CT molecular complexity index is 871. The van der Waals surface area contributed by atoms with Crippen molar-refractivity contribution in [3.05, 3.63) is 53.6 Å². The van der Waals surface area contributed by atoms with Gasteiger partial charge in [-0.3, -0.25) is 4.79 Å². The van der Waals surface area contributed by atoms with Crippen LogP contribution in [0.3, 0.4) is 0 Å². The second-order valence-electron chi connectivity index (χ2n) is 9.42. The summed E-state index contributed by atoms with van der Waals surface area (Å²) in [6.45, 7) is 14.0. The third-order valence-corrected chi connectivity index (χ3v) is 6.42. The van der Waals surface area contributed by atoms with Crippen LogP contribution in [-0.4, -0.2) is 19.6 Å². The Morgan fingerprint density at radius 2 is 1.68 bits per heavy atom. The topological polar surface area (TPSA) is 47.6 Å². The van der Waals surface area contributed by atoms with Crippen molar-refractivity contribution in [3.8, 4) is 11.5 Å². The van der Waals surface area contributed by atoms with Crippen molar-refractivity contribution in [3.63, 3.8) is 0 Å². The van der Waals surface area contributed by atoms with E-state index in [4.69, 9.17) is 9.47 Å². The zero-order valence-corrected chi connectivity index (χ0v) is 20.3. The molecule has 0 radical (unpaired) electrons. The van der Waals surface area contributed by atoms with Gasteiger partial charge in [0.1, 0.15) is 11.5 Å². The molecular weight excluding hydrogens is 386 g/mol. The zero-order chi connectivity index (χ0) is 23.1. The van der Waals surface area contributed by atoms with Crippen LogP contribution < -0.4 is 14.8 Å². The lowest BCUT2D eigenvalue weighted by Crippen LogP contribution is -2.21. The first kappa shape index (κ1) is 24.8. The highest BCUT2D eigenvalue weighted by molar-refractivity contribution is 5.90. The van der Waals surface area contributed by atoms with Crippen LogP contribution in [0.5, 0.6) is 11.5 Å². The SMILES string of the molecule is CCC(C)(C)c1ccc(OCCCC(=O)Nc2cccc(OC)c2)c(C(C)(C)CC)c1. The van der Waals surface area contributed by atoms with E-state index in [1.54, 1.807) is 7.11 Å². The first-order valence-electron chi connectivity index (χ1n) is 11.3. The number of methoxy groups -OCH3 is 1. The molecule has 0 aliphatic heterocycles. The summed E-state index contributed by atoms with van der Waals surface area (Å²) in [5.74, 6) is 1.63. The number of carbonyl (C=O) groups excluding carboxylic acids is 1. The van der Waals surface area contributed by atoms with Gasteiger partial charge in [0.25, 0.3) is 0 Å². The van der Waals surface area contributed by atoms with Crippen molar-refractivity contribution in [1.29, 1.82) is 0 Å². The molecule has 2 aromatic rings. The lowest BCUT2D eigenvalue weighted by atomic mass is 9.76. The molecule has 0 fully saturated rings. The molecule has 0 aliphatic carbocycles. The van der Waals surface area contributed by atoms with Crippen LogP contribution in [0.25, 0.3) is 0 Å². The van der Waals surface area contributed by atoms with Crippen LogP contribution in [-0.2, 0) is 15.6 Å². The van der Waals surface area contributed by atoms with Gasteiger partial charge in [0, 0.05) is 23.7 Å². The van der Waals surface area contributed by atoms with Gasteiger partial charge in [0.15, 0.2) is 0 Å². The molecule has 0 spiro atoms. The van der Waals surface area contributed by atoms with Crippen LogP contribution in [0.2, 0.25) is 0 Å². The molecule has 4 nitrogen and oxygen atoms in total. The molecule has 0 saturated heterocycles. The van der Waals surface area contributed by atoms with Gasteiger partial charge < -0.3 is 14.8 Å². The summed E-state index contributed by atoms with van der Waals surface area (Å²) in [7, 11) is 1.61. The van der Waals surface area contributed by atoms with E-state index in [1.807, 2.05) is 24.3 Å². The molecule has 0 atom stereocenters. The van der Waals surface area contributed by atoms with Crippen LogP contribution in [0.1, 0.15) is 78.4 Å². The third-order valence-electron chi connectivity index (χ3n) is 6.42. The van der Waals surface area contributed by atoms with Crippen LogP contribution in [0.15, 0.2) is 42.5 Å². The predicted molar refractivity (Wildman–Crippen MR) is 129 cm³/mol. The molecule has 1 amide bonds. The highest BCUT2D eigenvalue weighted by Gasteiger charge is 2.26. The van der Waals surface area contributed by atoms with Crippen molar-refractivity contribution in [2.24, 2.45) is 0 Å². The van der Waals surface area contributed by atoms with Gasteiger partial charge in [0.2, 0.25) is 5.91 Å². The first-order valence-corrected chi connectivity index (χ1v) is 11.3. The number of rotatable bonds is 11. The Kier molecular flexibility index (Phi) is 8.55. The van der Waals surface area contributed by atoms with Crippen molar-refractivity contribution in [1.82, 2.24) is 0 Å². The van der Waals surface area contributed by atoms with Crippen molar-refractivity contribution >= 4 is 11.6 Å². The number of anilines is 1. The van der Waals surface area contributed by atoms with Gasteiger partial charge in [-0.15, -0.1) is 0 Å². The number of ether oxygens (including phenoxy) is 2. The number of amides is 1. The molecule has 0 heterocycles. The fourth-order valence-corrected chi connectivity index (χ4v) is 3.34. The van der Waals surface area contributed by atoms with Gasteiger partial charge >= 0.3 is 0 Å². The zero-order valence-electron chi connectivity index (χ0n) is 20.3. The lowest BCUT2D eigenvalue weighted by molar-refractivity contribution is -0.116. The molecule has 2 aromatic carbocycles. The Labute approximate surface area is 188 Å². The Balaban J connectivity index is 2.00. The second-order valence-corrected chi connectivity index (χ2v) is 9.42. The third kappa shape index (κ3) is 6.75. The molecule has 1 N–H and O–H groups in total. The van der Waals surface area contributed by atoms with E-state index in [2.05, 4.69) is 65.1 Å². The molecule has 0 aliphatic rings. The maximum absolute atomic E-state index is 12.3. The number of benzene rings is 2. The normalized spacial score (nSPS) is 11.8. The van der Waals surface area contributed by atoms with E-state index in [9.17, 15) is 4.79 Å². The van der Waals surface area contributed by atoms with Crippen LogP contribution >= 0.6 is 0 Å². The Morgan fingerprint density at radius 3 is 2.32 bits per heavy atom. The number of hydrogen-bond acceptors (Lipinski definition) is 3. The fraction of sp³-hybridized carbons (Fsp3) is 0.519. The molecule has 0 saturated carbocycles. The monoisotopic (exact) mass is 425 g/mol. The average Bonchev–Trinajstić information content (AvgIpc) is 2.76. The standard InChI is InChI=1S/C27H39NO3/c1-8-26(3,4)20-15-16-24(23(18-20)27(5,6)9-2)31-17-11-14-25(29)28-21-12-10-13-22(19-21)30-7/h10,12-13,15-16,18-19H,8-9,11,14,17H2,1-7H3,(H,28,29). The number of carbonyl (C=O) groups is 1. The molecule has 2 rings (SSSR count). The van der Waals surface area contributed by atoms with Crippen molar-refractivity contribution < 1.29 is 14.3 Å². The van der Waals surface area contributed by atoms with Crippen LogP contribution in [0, 0.1) is 0 Å². The van der Waals surface area contributed by atoms with Gasteiger partial charge in [-0.1, -0.05) is 59.7 Å². The highest BCUT2D eigenvalue weighted by atomic mass is 16.5. The van der Waals surface area contributed by atoms with E-state index in [0.29, 0.717) is 19.4 Å². The molecule has 31 heavy (non-hydrogen) atoms. The van der Waals surface area contributed by atoms with Gasteiger partial charge in [-0.05, 0) is 53.9 Å². The maximum Gasteiger partial charge on any atom is 0.224 e. The van der Waals surface area contributed by atoms with Crippen LogP contribution in [0.4, 0.5) is 5.69 Å². The maximum atomic E-state index is 12.3. The molecule has 4 heteroatoms. The summed E-state index contributed by atoms with van der Waals surface area (Å²) in [5.41, 5.74) is 3.49. The smallest absolute Gasteiger partial charge is 0.224 e. The van der Waals surface area contributed by atoms with E-state index >= 15 is 0 Å². The minimum Gasteiger partial charge on any atom is -0.497 e. The lowest BCUT2D eigenvalue weighted by Gasteiger charge is -2.30. The fourth-order valence-electron chi connectivity index (χ4n) is 3.34. The summed E-state index contributed by atoms with van der Waals surface area (Å²) >= 11 is 0. The Morgan fingerprint density at radius 1 is 0.968 bits per heavy atom. The van der Waals surface area contributed by atoms with E-state index in [1.165, 1.54) is 11.1 Å². The summed E-state index contributed by atoms with van der Waals surface area (Å²) in [6.07, 6.45) is 3.18. The van der Waals surface area contributed by atoms with E-state index in [0.717, 1.165) is 30.0 Å². The van der Waals surface area contributed by atoms with E-state index in [-0.39, 0.29) is 16.7 Å². The molecule has 0 bridgehead atoms. The summed E-state index contributed by atoms with van der Waals surface area (Å²) in [4.78, 5) is 12.3. The molecule has 170 valence electrons. The van der Waals surface area contributed by atoms with Gasteiger partial charge in [0.05, 0.1) is 13.7 Å². The van der Waals surface area contributed by atoms with Crippen molar-refractivity contribution in [2.75, 3.05) is 19.0 Å². The quantitative estimate of drug-likeness (QED) is 0.400. The summed E-state index contributed by atoms with van der Waals surface area (Å²) in [6, 6.07) is 14.0. The van der Waals surface area contributed by atoms with E-state index < -0.39 is 0 Å².